The Morgan fingerprint density at radius 3 is 2.37 bits per heavy atom. The maximum absolute atomic E-state index is 5.26. The molecule has 2 atom stereocenters. The number of hydrogen-bond acceptors (Lipinski definition) is 3. The van der Waals surface area contributed by atoms with Crippen molar-refractivity contribution in [2.24, 2.45) is 5.92 Å². The third-order valence-corrected chi connectivity index (χ3v) is 4.70. The number of nitrogens with one attached hydrogen (secondary N) is 1. The highest BCUT2D eigenvalue weighted by Crippen LogP contribution is 2.28. The maximum atomic E-state index is 5.26. The molecule has 0 aliphatic carbocycles. The number of ether oxygens (including phenoxy) is 1. The summed E-state index contributed by atoms with van der Waals surface area (Å²) in [7, 11) is 1.80. The largest absolute Gasteiger partial charge is 0.385 e. The van der Waals surface area contributed by atoms with Crippen LogP contribution in [-0.2, 0) is 4.74 Å². The van der Waals surface area contributed by atoms with Crippen LogP contribution < -0.4 is 5.32 Å². The Morgan fingerprint density at radius 2 is 1.84 bits per heavy atom. The molecule has 3 nitrogen and oxygen atoms in total. The van der Waals surface area contributed by atoms with Gasteiger partial charge in [-0.15, -0.1) is 0 Å². The molecule has 19 heavy (non-hydrogen) atoms. The molecule has 1 saturated heterocycles. The van der Waals surface area contributed by atoms with Crippen LogP contribution in [0.3, 0.4) is 0 Å². The third-order valence-electron chi connectivity index (χ3n) is 4.70. The van der Waals surface area contributed by atoms with Crippen molar-refractivity contribution in [1.82, 2.24) is 10.2 Å². The first-order valence-corrected chi connectivity index (χ1v) is 8.01. The van der Waals surface area contributed by atoms with Crippen LogP contribution in [-0.4, -0.2) is 49.8 Å². The summed E-state index contributed by atoms with van der Waals surface area (Å²) in [5, 5.41) is 3.73. The fourth-order valence-corrected chi connectivity index (χ4v) is 3.50. The minimum Gasteiger partial charge on any atom is -0.385 e. The second kappa shape index (κ2) is 8.23. The summed E-state index contributed by atoms with van der Waals surface area (Å²) >= 11 is 0. The van der Waals surface area contributed by atoms with E-state index in [0.717, 1.165) is 19.6 Å². The van der Waals surface area contributed by atoms with E-state index in [9.17, 15) is 0 Å². The van der Waals surface area contributed by atoms with Crippen LogP contribution in [0.25, 0.3) is 0 Å². The van der Waals surface area contributed by atoms with Crippen molar-refractivity contribution in [2.45, 2.75) is 65.0 Å². The van der Waals surface area contributed by atoms with Gasteiger partial charge in [0.05, 0.1) is 0 Å². The van der Waals surface area contributed by atoms with Crippen molar-refractivity contribution in [3.8, 4) is 0 Å². The second-order valence-electron chi connectivity index (χ2n) is 6.50. The van der Waals surface area contributed by atoms with Gasteiger partial charge in [0.1, 0.15) is 0 Å². The molecule has 0 aromatic carbocycles. The summed E-state index contributed by atoms with van der Waals surface area (Å²) in [6.45, 7) is 13.8. The Morgan fingerprint density at radius 1 is 1.21 bits per heavy atom. The van der Waals surface area contributed by atoms with Gasteiger partial charge in [0.15, 0.2) is 0 Å². The van der Waals surface area contributed by atoms with Gasteiger partial charge in [-0.1, -0.05) is 20.3 Å². The number of hydrogen-bond donors (Lipinski definition) is 1. The highest BCUT2D eigenvalue weighted by molar-refractivity contribution is 4.96. The Labute approximate surface area is 120 Å². The van der Waals surface area contributed by atoms with Gasteiger partial charge in [-0.2, -0.15) is 0 Å². The average Bonchev–Trinajstić information content (AvgIpc) is 2.43. The second-order valence-corrected chi connectivity index (χ2v) is 6.50. The molecule has 3 heteroatoms. The normalized spacial score (nSPS) is 21.3. The van der Waals surface area contributed by atoms with E-state index in [4.69, 9.17) is 4.74 Å². The summed E-state index contributed by atoms with van der Waals surface area (Å²) in [6.07, 6.45) is 5.24. The predicted molar refractivity (Wildman–Crippen MR) is 82.6 cm³/mol. The monoisotopic (exact) mass is 270 g/mol. The zero-order chi connectivity index (χ0) is 14.3. The van der Waals surface area contributed by atoms with Crippen LogP contribution >= 0.6 is 0 Å². The standard InChI is InChI=1S/C16H34N2O/c1-6-17-15(14(2)10-13-19-5)16(3,4)18-11-8-7-9-12-18/h14-15,17H,6-13H2,1-5H3. The van der Waals surface area contributed by atoms with E-state index in [1.54, 1.807) is 7.11 Å². The van der Waals surface area contributed by atoms with E-state index < -0.39 is 0 Å². The van der Waals surface area contributed by atoms with E-state index in [1.165, 1.54) is 32.4 Å². The fraction of sp³-hybridized carbons (Fsp3) is 1.00. The average molecular weight is 270 g/mol. The molecule has 2 unspecified atom stereocenters. The van der Waals surface area contributed by atoms with Crippen LogP contribution in [0, 0.1) is 5.92 Å². The van der Waals surface area contributed by atoms with Crippen LogP contribution in [0.5, 0.6) is 0 Å². The molecular weight excluding hydrogens is 236 g/mol. The van der Waals surface area contributed by atoms with Crippen LogP contribution in [0.4, 0.5) is 0 Å². The Kier molecular flexibility index (Phi) is 7.33. The van der Waals surface area contributed by atoms with E-state index >= 15 is 0 Å². The lowest BCUT2D eigenvalue weighted by Crippen LogP contribution is -2.61. The van der Waals surface area contributed by atoms with Crippen molar-refractivity contribution in [3.63, 3.8) is 0 Å². The minimum absolute atomic E-state index is 0.226. The predicted octanol–water partition coefficient (Wildman–Crippen LogP) is 2.90. The summed E-state index contributed by atoms with van der Waals surface area (Å²) in [6, 6.07) is 0.533. The third kappa shape index (κ3) is 4.73. The van der Waals surface area contributed by atoms with Gasteiger partial charge in [-0.3, -0.25) is 4.90 Å². The van der Waals surface area contributed by atoms with Gasteiger partial charge in [0, 0.05) is 25.3 Å². The molecule has 0 aromatic rings. The highest BCUT2D eigenvalue weighted by Gasteiger charge is 2.38. The SMILES string of the molecule is CCNC(C(C)CCOC)C(C)(C)N1CCCCC1. The van der Waals surface area contributed by atoms with Gasteiger partial charge < -0.3 is 10.1 Å². The zero-order valence-corrected chi connectivity index (χ0v) is 13.7. The molecule has 0 radical (unpaired) electrons. The first-order valence-electron chi connectivity index (χ1n) is 8.01. The van der Waals surface area contributed by atoms with Gasteiger partial charge in [-0.25, -0.2) is 0 Å². The van der Waals surface area contributed by atoms with E-state index in [2.05, 4.69) is 37.9 Å². The molecule has 0 spiro atoms. The molecule has 1 aliphatic rings. The fourth-order valence-electron chi connectivity index (χ4n) is 3.50. The summed E-state index contributed by atoms with van der Waals surface area (Å²) in [5.74, 6) is 0.636. The molecule has 1 N–H and O–H groups in total. The van der Waals surface area contributed by atoms with Crippen molar-refractivity contribution in [2.75, 3.05) is 33.4 Å². The van der Waals surface area contributed by atoms with E-state index in [0.29, 0.717) is 12.0 Å². The summed E-state index contributed by atoms with van der Waals surface area (Å²) < 4.78 is 5.26. The van der Waals surface area contributed by atoms with Crippen molar-refractivity contribution < 1.29 is 4.74 Å². The lowest BCUT2D eigenvalue weighted by atomic mass is 9.81. The number of nitrogens with zero attached hydrogens (tertiary/aromatic N) is 1. The number of piperidine rings is 1. The van der Waals surface area contributed by atoms with Gasteiger partial charge in [0.2, 0.25) is 0 Å². The smallest absolute Gasteiger partial charge is 0.0465 e. The van der Waals surface area contributed by atoms with E-state index in [1.807, 2.05) is 0 Å². The first-order chi connectivity index (χ1) is 9.04. The maximum Gasteiger partial charge on any atom is 0.0465 e. The lowest BCUT2D eigenvalue weighted by Gasteiger charge is -2.48. The van der Waals surface area contributed by atoms with Crippen molar-refractivity contribution in [1.29, 1.82) is 0 Å². The molecule has 1 heterocycles. The van der Waals surface area contributed by atoms with Crippen LogP contribution in [0.1, 0.15) is 53.4 Å². The van der Waals surface area contributed by atoms with Gasteiger partial charge in [-0.05, 0) is 58.7 Å². The molecule has 1 rings (SSSR count). The molecule has 0 bridgehead atoms. The molecular formula is C16H34N2O. The molecule has 1 fully saturated rings. The quantitative estimate of drug-likeness (QED) is 0.734. The Balaban J connectivity index is 2.70. The number of methoxy groups -OCH3 is 1. The zero-order valence-electron chi connectivity index (χ0n) is 13.7. The first kappa shape index (κ1) is 16.9. The molecule has 0 aromatic heterocycles. The van der Waals surface area contributed by atoms with Gasteiger partial charge >= 0.3 is 0 Å². The highest BCUT2D eigenvalue weighted by atomic mass is 16.5. The lowest BCUT2D eigenvalue weighted by molar-refractivity contribution is 0.0369. The molecule has 1 aliphatic heterocycles. The topological polar surface area (TPSA) is 24.5 Å². The number of likely N-dealkylation sites (N-methyl/N-ethyl adjacent to an activating group) is 1. The minimum atomic E-state index is 0.226. The molecule has 0 saturated carbocycles. The molecule has 0 amide bonds. The van der Waals surface area contributed by atoms with Crippen LogP contribution in [0.15, 0.2) is 0 Å². The number of likely N-dealkylation sites (tertiary alicyclic amines) is 1. The van der Waals surface area contributed by atoms with Crippen LogP contribution in [0.2, 0.25) is 0 Å². The Hall–Kier alpha value is -0.120. The number of rotatable bonds is 8. The Bertz CT molecular complexity index is 237. The van der Waals surface area contributed by atoms with Crippen molar-refractivity contribution in [3.05, 3.63) is 0 Å². The summed E-state index contributed by atoms with van der Waals surface area (Å²) in [4.78, 5) is 2.69. The summed E-state index contributed by atoms with van der Waals surface area (Å²) in [5.41, 5.74) is 0.226. The van der Waals surface area contributed by atoms with Crippen molar-refractivity contribution >= 4 is 0 Å². The van der Waals surface area contributed by atoms with E-state index in [-0.39, 0.29) is 5.54 Å². The van der Waals surface area contributed by atoms with Gasteiger partial charge in [0.25, 0.3) is 0 Å². The molecule has 114 valence electrons.